The number of ether oxygens (including phenoxy) is 1. The summed E-state index contributed by atoms with van der Waals surface area (Å²) in [5.74, 6) is 0. The molecule has 18 heavy (non-hydrogen) atoms. The van der Waals surface area contributed by atoms with E-state index < -0.39 is 0 Å². The highest BCUT2D eigenvalue weighted by atomic mass is 79.9. The van der Waals surface area contributed by atoms with E-state index in [1.54, 1.807) is 4.90 Å². The molecule has 0 spiro atoms. The second-order valence-corrected chi connectivity index (χ2v) is 5.47. The van der Waals surface area contributed by atoms with Crippen LogP contribution in [0.5, 0.6) is 0 Å². The van der Waals surface area contributed by atoms with Gasteiger partial charge in [-0.1, -0.05) is 35.3 Å². The number of benzene rings is 1. The van der Waals surface area contributed by atoms with Crippen LogP contribution in [-0.2, 0) is 17.7 Å². The summed E-state index contributed by atoms with van der Waals surface area (Å²) >= 11 is 3.47. The number of fused-ring (bicyclic) bond motifs is 1. The number of halogens is 1. The van der Waals surface area contributed by atoms with E-state index in [4.69, 9.17) is 4.74 Å². The molecule has 0 N–H and O–H groups in total. The molecule has 1 aromatic carbocycles. The van der Waals surface area contributed by atoms with Gasteiger partial charge in [0, 0.05) is 17.6 Å². The number of hydrogen-bond acceptors (Lipinski definition) is 2. The first-order valence-corrected chi connectivity index (χ1v) is 7.19. The minimum absolute atomic E-state index is 0.183. The summed E-state index contributed by atoms with van der Waals surface area (Å²) in [6.45, 7) is 4.02. The maximum Gasteiger partial charge on any atom is 0.410 e. The Morgan fingerprint density at radius 3 is 3.06 bits per heavy atom. The van der Waals surface area contributed by atoms with Crippen LogP contribution >= 0.6 is 15.9 Å². The number of unbranched alkanes of at least 4 members (excludes halogenated alkanes) is 1. The quantitative estimate of drug-likeness (QED) is 0.796. The molecule has 0 unspecified atom stereocenters. The minimum atomic E-state index is -0.183. The van der Waals surface area contributed by atoms with Gasteiger partial charge in [-0.25, -0.2) is 4.79 Å². The van der Waals surface area contributed by atoms with E-state index in [9.17, 15) is 4.79 Å². The Kier molecular flexibility index (Phi) is 4.64. The van der Waals surface area contributed by atoms with Gasteiger partial charge in [-0.15, -0.1) is 0 Å². The summed E-state index contributed by atoms with van der Waals surface area (Å²) < 4.78 is 6.34. The molecule has 1 heterocycles. The van der Waals surface area contributed by atoms with Crippen LogP contribution in [0.3, 0.4) is 0 Å². The summed E-state index contributed by atoms with van der Waals surface area (Å²) in [5.41, 5.74) is 2.54. The van der Waals surface area contributed by atoms with Crippen molar-refractivity contribution >= 4 is 22.0 Å². The van der Waals surface area contributed by atoms with E-state index in [2.05, 4.69) is 35.0 Å². The summed E-state index contributed by atoms with van der Waals surface area (Å²) in [6.07, 6.45) is 2.70. The molecular weight excluding hydrogens is 294 g/mol. The van der Waals surface area contributed by atoms with E-state index in [0.717, 1.165) is 30.3 Å². The molecule has 0 aromatic heterocycles. The first kappa shape index (κ1) is 13.4. The van der Waals surface area contributed by atoms with E-state index >= 15 is 0 Å². The fourth-order valence-electron chi connectivity index (χ4n) is 2.07. The first-order valence-electron chi connectivity index (χ1n) is 6.39. The van der Waals surface area contributed by atoms with Crippen LogP contribution in [0.4, 0.5) is 4.79 Å². The lowest BCUT2D eigenvalue weighted by molar-refractivity contribution is 0.0966. The maximum atomic E-state index is 11.8. The lowest BCUT2D eigenvalue weighted by Gasteiger charge is -2.28. The fourth-order valence-corrected chi connectivity index (χ4v) is 2.48. The second-order valence-electron chi connectivity index (χ2n) is 4.55. The van der Waals surface area contributed by atoms with E-state index in [0.29, 0.717) is 13.2 Å². The first-order chi connectivity index (χ1) is 8.70. The molecule has 0 bridgehead atoms. The molecule has 0 saturated carbocycles. The Balaban J connectivity index is 1.95. The predicted octanol–water partition coefficient (Wildman–Crippen LogP) is 3.74. The SMILES string of the molecule is CCCCOC(=O)N1CCc2cc(Br)ccc2C1. The average Bonchev–Trinajstić information content (AvgIpc) is 2.38. The molecule has 1 aliphatic rings. The Morgan fingerprint density at radius 2 is 2.28 bits per heavy atom. The molecule has 0 atom stereocenters. The van der Waals surface area contributed by atoms with Gasteiger partial charge in [0.25, 0.3) is 0 Å². The molecule has 2 rings (SSSR count). The molecule has 0 aliphatic carbocycles. The third-order valence-corrected chi connectivity index (χ3v) is 3.66. The fraction of sp³-hybridized carbons (Fsp3) is 0.500. The van der Waals surface area contributed by atoms with E-state index in [-0.39, 0.29) is 6.09 Å². The van der Waals surface area contributed by atoms with Crippen LogP contribution in [0.15, 0.2) is 22.7 Å². The second kappa shape index (κ2) is 6.23. The summed E-state index contributed by atoms with van der Waals surface area (Å²) in [4.78, 5) is 13.6. The Morgan fingerprint density at radius 1 is 1.44 bits per heavy atom. The molecule has 1 amide bonds. The molecule has 1 aromatic rings. The summed E-state index contributed by atoms with van der Waals surface area (Å²) in [5, 5.41) is 0. The van der Waals surface area contributed by atoms with Crippen molar-refractivity contribution in [3.05, 3.63) is 33.8 Å². The van der Waals surface area contributed by atoms with Gasteiger partial charge in [0.15, 0.2) is 0 Å². The van der Waals surface area contributed by atoms with Gasteiger partial charge in [0.2, 0.25) is 0 Å². The van der Waals surface area contributed by atoms with Crippen molar-refractivity contribution in [2.75, 3.05) is 13.2 Å². The van der Waals surface area contributed by atoms with Crippen molar-refractivity contribution in [3.63, 3.8) is 0 Å². The third kappa shape index (κ3) is 3.25. The van der Waals surface area contributed by atoms with Crippen LogP contribution in [-0.4, -0.2) is 24.1 Å². The van der Waals surface area contributed by atoms with E-state index in [1.165, 1.54) is 11.1 Å². The maximum absolute atomic E-state index is 11.8. The Labute approximate surface area is 116 Å². The minimum Gasteiger partial charge on any atom is -0.449 e. The lowest BCUT2D eigenvalue weighted by atomic mass is 10.0. The molecule has 0 saturated heterocycles. The number of rotatable bonds is 3. The van der Waals surface area contributed by atoms with Gasteiger partial charge in [-0.3, -0.25) is 0 Å². The standard InChI is InChI=1S/C14H18BrNO2/c1-2-3-8-18-14(17)16-7-6-11-9-13(15)5-4-12(11)10-16/h4-5,9H,2-3,6-8,10H2,1H3. The monoisotopic (exact) mass is 311 g/mol. The van der Waals surface area contributed by atoms with Gasteiger partial charge in [0.1, 0.15) is 0 Å². The van der Waals surface area contributed by atoms with Gasteiger partial charge < -0.3 is 9.64 Å². The molecule has 3 nitrogen and oxygen atoms in total. The smallest absolute Gasteiger partial charge is 0.410 e. The van der Waals surface area contributed by atoms with Crippen molar-refractivity contribution in [3.8, 4) is 0 Å². The van der Waals surface area contributed by atoms with Gasteiger partial charge in [-0.2, -0.15) is 0 Å². The van der Waals surface area contributed by atoms with Crippen molar-refractivity contribution in [1.82, 2.24) is 4.90 Å². The summed E-state index contributed by atoms with van der Waals surface area (Å²) in [6, 6.07) is 6.23. The van der Waals surface area contributed by atoms with Crippen LogP contribution < -0.4 is 0 Å². The molecule has 4 heteroatoms. The van der Waals surface area contributed by atoms with Crippen molar-refractivity contribution < 1.29 is 9.53 Å². The van der Waals surface area contributed by atoms with Gasteiger partial charge in [-0.05, 0) is 36.1 Å². The highest BCUT2D eigenvalue weighted by molar-refractivity contribution is 9.10. The zero-order chi connectivity index (χ0) is 13.0. The Hall–Kier alpha value is -1.03. The summed E-state index contributed by atoms with van der Waals surface area (Å²) in [7, 11) is 0. The highest BCUT2D eigenvalue weighted by Crippen LogP contribution is 2.23. The zero-order valence-electron chi connectivity index (χ0n) is 10.6. The Bertz CT molecular complexity index is 434. The van der Waals surface area contributed by atoms with Crippen molar-refractivity contribution in [2.45, 2.75) is 32.7 Å². The van der Waals surface area contributed by atoms with Crippen LogP contribution in [0.25, 0.3) is 0 Å². The number of nitrogens with zero attached hydrogens (tertiary/aromatic N) is 1. The van der Waals surface area contributed by atoms with Gasteiger partial charge >= 0.3 is 6.09 Å². The zero-order valence-corrected chi connectivity index (χ0v) is 12.2. The molecule has 0 fully saturated rings. The van der Waals surface area contributed by atoms with Crippen molar-refractivity contribution in [1.29, 1.82) is 0 Å². The number of carbonyl (C=O) groups is 1. The van der Waals surface area contributed by atoms with E-state index in [1.807, 2.05) is 6.07 Å². The van der Waals surface area contributed by atoms with Crippen LogP contribution in [0.2, 0.25) is 0 Å². The van der Waals surface area contributed by atoms with Gasteiger partial charge in [0.05, 0.1) is 6.61 Å². The average molecular weight is 312 g/mol. The third-order valence-electron chi connectivity index (χ3n) is 3.16. The normalized spacial score (nSPS) is 14.2. The van der Waals surface area contributed by atoms with Crippen LogP contribution in [0.1, 0.15) is 30.9 Å². The highest BCUT2D eigenvalue weighted by Gasteiger charge is 2.21. The number of amides is 1. The molecule has 0 radical (unpaired) electrons. The topological polar surface area (TPSA) is 29.5 Å². The largest absolute Gasteiger partial charge is 0.449 e. The molecule has 1 aliphatic heterocycles. The molecule has 98 valence electrons. The predicted molar refractivity (Wildman–Crippen MR) is 74.5 cm³/mol. The number of carbonyl (C=O) groups excluding carboxylic acids is 1. The molecular formula is C14H18BrNO2. The number of hydrogen-bond donors (Lipinski definition) is 0. The lowest BCUT2D eigenvalue weighted by Crippen LogP contribution is -2.36. The van der Waals surface area contributed by atoms with Crippen LogP contribution in [0, 0.1) is 0 Å². The van der Waals surface area contributed by atoms with Crippen molar-refractivity contribution in [2.24, 2.45) is 0 Å².